The van der Waals surface area contributed by atoms with Gasteiger partial charge in [0.1, 0.15) is 11.5 Å². The Balaban J connectivity index is 1.90. The van der Waals surface area contributed by atoms with Crippen molar-refractivity contribution in [3.8, 4) is 22.4 Å². The number of nitrogens with zero attached hydrogens (tertiary/aromatic N) is 3. The van der Waals surface area contributed by atoms with Gasteiger partial charge in [-0.05, 0) is 36.4 Å². The highest BCUT2D eigenvalue weighted by Gasteiger charge is 2.11. The zero-order chi connectivity index (χ0) is 15.8. The second-order valence-corrected chi connectivity index (χ2v) is 5.55. The van der Waals surface area contributed by atoms with E-state index in [0.29, 0.717) is 0 Å². The Morgan fingerprint density at radius 1 is 0.957 bits per heavy atom. The van der Waals surface area contributed by atoms with E-state index in [1.807, 2.05) is 41.1 Å². The Kier molecular flexibility index (Phi) is 3.32. The third kappa shape index (κ3) is 2.47. The van der Waals surface area contributed by atoms with E-state index < -0.39 is 5.82 Å². The summed E-state index contributed by atoms with van der Waals surface area (Å²) >= 11 is 5.91. The van der Waals surface area contributed by atoms with Gasteiger partial charge in [-0.2, -0.15) is 0 Å². The summed E-state index contributed by atoms with van der Waals surface area (Å²) in [6.45, 7) is 0. The molecule has 0 fully saturated rings. The summed E-state index contributed by atoms with van der Waals surface area (Å²) in [6, 6.07) is 12.4. The van der Waals surface area contributed by atoms with Crippen LogP contribution in [-0.4, -0.2) is 14.4 Å². The second kappa shape index (κ2) is 5.48. The molecule has 0 saturated carbocycles. The minimum atomic E-state index is -0.437. The summed E-state index contributed by atoms with van der Waals surface area (Å²) in [5.41, 5.74) is 4.36. The summed E-state index contributed by atoms with van der Waals surface area (Å²) in [4.78, 5) is 8.70. The van der Waals surface area contributed by atoms with Crippen LogP contribution in [0.5, 0.6) is 0 Å². The van der Waals surface area contributed by atoms with Gasteiger partial charge in [-0.3, -0.25) is 4.98 Å². The minimum Gasteiger partial charge on any atom is -0.306 e. The Labute approximate surface area is 137 Å². The molecule has 4 aromatic rings. The standard InChI is InChI=1S/C18H11ClFN3/c19-15-10-12(3-5-16(15)20)18-14(2-1-7-22-18)13-4-6-17-21-8-9-23(17)11-13/h1-11H. The largest absolute Gasteiger partial charge is 0.306 e. The molecule has 3 nitrogen and oxygen atoms in total. The molecule has 0 amide bonds. The molecule has 0 N–H and O–H groups in total. The van der Waals surface area contributed by atoms with Gasteiger partial charge in [0.05, 0.1) is 10.7 Å². The Morgan fingerprint density at radius 3 is 2.70 bits per heavy atom. The van der Waals surface area contributed by atoms with Crippen molar-refractivity contribution in [3.63, 3.8) is 0 Å². The molecule has 1 aromatic carbocycles. The molecule has 0 spiro atoms. The molecule has 0 saturated heterocycles. The van der Waals surface area contributed by atoms with E-state index in [1.54, 1.807) is 24.5 Å². The summed E-state index contributed by atoms with van der Waals surface area (Å²) < 4.78 is 15.4. The van der Waals surface area contributed by atoms with Gasteiger partial charge in [-0.1, -0.05) is 17.7 Å². The van der Waals surface area contributed by atoms with Gasteiger partial charge < -0.3 is 4.40 Å². The number of rotatable bonds is 2. The van der Waals surface area contributed by atoms with Gasteiger partial charge in [0.25, 0.3) is 0 Å². The van der Waals surface area contributed by atoms with E-state index in [-0.39, 0.29) is 5.02 Å². The summed E-state index contributed by atoms with van der Waals surface area (Å²) in [6.07, 6.45) is 7.35. The molecular formula is C18H11ClFN3. The van der Waals surface area contributed by atoms with Crippen LogP contribution in [0.3, 0.4) is 0 Å². The van der Waals surface area contributed by atoms with Crippen molar-refractivity contribution in [2.75, 3.05) is 0 Å². The maximum Gasteiger partial charge on any atom is 0.141 e. The Bertz CT molecular complexity index is 1010. The molecule has 0 aliphatic carbocycles. The lowest BCUT2D eigenvalue weighted by atomic mass is 10.0. The highest BCUT2D eigenvalue weighted by atomic mass is 35.5. The molecule has 3 heterocycles. The van der Waals surface area contributed by atoms with Crippen molar-refractivity contribution < 1.29 is 4.39 Å². The minimum absolute atomic E-state index is 0.0872. The molecule has 0 atom stereocenters. The van der Waals surface area contributed by atoms with Crippen LogP contribution in [0.2, 0.25) is 5.02 Å². The fourth-order valence-electron chi connectivity index (χ4n) is 2.59. The van der Waals surface area contributed by atoms with Crippen LogP contribution in [0.15, 0.2) is 67.3 Å². The zero-order valence-electron chi connectivity index (χ0n) is 11.9. The molecule has 23 heavy (non-hydrogen) atoms. The number of hydrogen-bond donors (Lipinski definition) is 0. The van der Waals surface area contributed by atoms with E-state index in [0.717, 1.165) is 28.0 Å². The van der Waals surface area contributed by atoms with Gasteiger partial charge in [-0.25, -0.2) is 9.37 Å². The molecule has 0 radical (unpaired) electrons. The van der Waals surface area contributed by atoms with Crippen LogP contribution in [0.25, 0.3) is 28.0 Å². The van der Waals surface area contributed by atoms with Crippen LogP contribution in [-0.2, 0) is 0 Å². The van der Waals surface area contributed by atoms with E-state index in [9.17, 15) is 4.39 Å². The van der Waals surface area contributed by atoms with E-state index in [2.05, 4.69) is 9.97 Å². The average Bonchev–Trinajstić information content (AvgIpc) is 3.05. The van der Waals surface area contributed by atoms with Crippen LogP contribution in [0.4, 0.5) is 4.39 Å². The lowest BCUT2D eigenvalue weighted by Crippen LogP contribution is -1.92. The Hall–Kier alpha value is -2.72. The third-order valence-corrected chi connectivity index (χ3v) is 3.99. The van der Waals surface area contributed by atoms with Crippen molar-refractivity contribution in [1.29, 1.82) is 0 Å². The number of halogens is 2. The molecular weight excluding hydrogens is 313 g/mol. The lowest BCUT2D eigenvalue weighted by Gasteiger charge is -2.10. The fraction of sp³-hybridized carbons (Fsp3) is 0. The van der Waals surface area contributed by atoms with Gasteiger partial charge in [-0.15, -0.1) is 0 Å². The first-order valence-electron chi connectivity index (χ1n) is 7.06. The normalized spacial score (nSPS) is 11.0. The first-order valence-corrected chi connectivity index (χ1v) is 7.44. The number of pyridine rings is 2. The maximum atomic E-state index is 13.4. The number of benzene rings is 1. The molecule has 112 valence electrons. The van der Waals surface area contributed by atoms with Gasteiger partial charge in [0.2, 0.25) is 0 Å². The van der Waals surface area contributed by atoms with Gasteiger partial charge >= 0.3 is 0 Å². The van der Waals surface area contributed by atoms with Crippen molar-refractivity contribution in [2.24, 2.45) is 0 Å². The smallest absolute Gasteiger partial charge is 0.141 e. The summed E-state index contributed by atoms with van der Waals surface area (Å²) in [5.74, 6) is -0.437. The molecule has 4 rings (SSSR count). The monoisotopic (exact) mass is 323 g/mol. The topological polar surface area (TPSA) is 30.2 Å². The molecule has 0 aliphatic heterocycles. The fourth-order valence-corrected chi connectivity index (χ4v) is 2.77. The quantitative estimate of drug-likeness (QED) is 0.527. The van der Waals surface area contributed by atoms with Crippen LogP contribution in [0, 0.1) is 5.82 Å². The maximum absolute atomic E-state index is 13.4. The molecule has 0 aliphatic rings. The highest BCUT2D eigenvalue weighted by Crippen LogP contribution is 2.32. The second-order valence-electron chi connectivity index (χ2n) is 5.14. The predicted octanol–water partition coefficient (Wildman–Crippen LogP) is 4.86. The molecule has 3 aromatic heterocycles. The molecule has 5 heteroatoms. The zero-order valence-corrected chi connectivity index (χ0v) is 12.7. The van der Waals surface area contributed by atoms with E-state index >= 15 is 0 Å². The third-order valence-electron chi connectivity index (χ3n) is 3.70. The average molecular weight is 324 g/mol. The number of hydrogen-bond acceptors (Lipinski definition) is 2. The van der Waals surface area contributed by atoms with Crippen LogP contribution < -0.4 is 0 Å². The summed E-state index contributed by atoms with van der Waals surface area (Å²) in [5, 5.41) is 0.0872. The van der Waals surface area contributed by atoms with Crippen LogP contribution in [0.1, 0.15) is 0 Å². The summed E-state index contributed by atoms with van der Waals surface area (Å²) in [7, 11) is 0. The number of imidazole rings is 1. The first-order chi connectivity index (χ1) is 11.2. The van der Waals surface area contributed by atoms with Crippen molar-refractivity contribution in [2.45, 2.75) is 0 Å². The van der Waals surface area contributed by atoms with E-state index in [4.69, 9.17) is 11.6 Å². The van der Waals surface area contributed by atoms with Crippen molar-refractivity contribution in [3.05, 3.63) is 78.1 Å². The lowest BCUT2D eigenvalue weighted by molar-refractivity contribution is 0.628. The van der Waals surface area contributed by atoms with Crippen molar-refractivity contribution >= 4 is 17.2 Å². The predicted molar refractivity (Wildman–Crippen MR) is 88.8 cm³/mol. The van der Waals surface area contributed by atoms with E-state index in [1.165, 1.54) is 6.07 Å². The van der Waals surface area contributed by atoms with Gasteiger partial charge in [0, 0.05) is 41.5 Å². The molecule has 0 bridgehead atoms. The van der Waals surface area contributed by atoms with Gasteiger partial charge in [0.15, 0.2) is 0 Å². The Morgan fingerprint density at radius 2 is 1.83 bits per heavy atom. The SMILES string of the molecule is Fc1ccc(-c2ncccc2-c2ccc3nccn3c2)cc1Cl. The highest BCUT2D eigenvalue weighted by molar-refractivity contribution is 6.31. The number of fused-ring (bicyclic) bond motifs is 1. The molecule has 0 unspecified atom stereocenters. The first kappa shape index (κ1) is 13.9. The van der Waals surface area contributed by atoms with Crippen molar-refractivity contribution in [1.82, 2.24) is 14.4 Å². The number of aromatic nitrogens is 3. The van der Waals surface area contributed by atoms with Crippen LogP contribution >= 0.6 is 11.6 Å².